The standard InChI is InChI=1S/C20H26N4O3/c1-2-27-19(25)17-14-24(13-15-9-5-3-6-10-15)23-18(17)22-20(26)21-16-11-7-4-8-12-16/h3,5-6,9-10,14,16H,2,4,7-8,11-13H2,1H3,(H2,21,22,23,26). The van der Waals surface area contributed by atoms with E-state index in [1.807, 2.05) is 30.3 Å². The number of amides is 2. The molecule has 1 aliphatic carbocycles. The van der Waals surface area contributed by atoms with E-state index in [0.717, 1.165) is 31.2 Å². The number of nitrogens with one attached hydrogen (secondary N) is 2. The zero-order chi connectivity index (χ0) is 19.1. The summed E-state index contributed by atoms with van der Waals surface area (Å²) in [7, 11) is 0. The lowest BCUT2D eigenvalue weighted by molar-refractivity contribution is 0.0527. The van der Waals surface area contributed by atoms with Crippen LogP contribution in [0.1, 0.15) is 54.9 Å². The second kappa shape index (κ2) is 9.21. The monoisotopic (exact) mass is 370 g/mol. The van der Waals surface area contributed by atoms with Gasteiger partial charge in [0.15, 0.2) is 5.82 Å². The molecule has 1 aliphatic rings. The Kier molecular flexibility index (Phi) is 6.46. The Labute approximate surface area is 159 Å². The first-order chi connectivity index (χ1) is 13.2. The maximum Gasteiger partial charge on any atom is 0.343 e. The lowest BCUT2D eigenvalue weighted by Gasteiger charge is -2.22. The molecule has 2 amide bonds. The summed E-state index contributed by atoms with van der Waals surface area (Å²) in [5.74, 6) is -0.275. The highest BCUT2D eigenvalue weighted by molar-refractivity contribution is 5.99. The molecular weight excluding hydrogens is 344 g/mol. The highest BCUT2D eigenvalue weighted by Crippen LogP contribution is 2.19. The van der Waals surface area contributed by atoms with Gasteiger partial charge in [0, 0.05) is 12.2 Å². The van der Waals surface area contributed by atoms with Crippen molar-refractivity contribution in [2.75, 3.05) is 11.9 Å². The van der Waals surface area contributed by atoms with Crippen molar-refractivity contribution in [3.05, 3.63) is 47.7 Å². The highest BCUT2D eigenvalue weighted by atomic mass is 16.5. The van der Waals surface area contributed by atoms with Crippen LogP contribution in [0.25, 0.3) is 0 Å². The van der Waals surface area contributed by atoms with Gasteiger partial charge < -0.3 is 10.1 Å². The van der Waals surface area contributed by atoms with Gasteiger partial charge in [-0.05, 0) is 25.3 Å². The first-order valence-corrected chi connectivity index (χ1v) is 9.51. The van der Waals surface area contributed by atoms with Crippen molar-refractivity contribution in [2.24, 2.45) is 0 Å². The number of carbonyl (C=O) groups is 2. The van der Waals surface area contributed by atoms with Gasteiger partial charge in [-0.1, -0.05) is 49.6 Å². The maximum atomic E-state index is 12.4. The Morgan fingerprint density at radius 1 is 1.19 bits per heavy atom. The van der Waals surface area contributed by atoms with Gasteiger partial charge in [0.2, 0.25) is 0 Å². The predicted octanol–water partition coefficient (Wildman–Crippen LogP) is 3.56. The molecule has 0 aliphatic heterocycles. The first-order valence-electron chi connectivity index (χ1n) is 9.51. The molecule has 7 nitrogen and oxygen atoms in total. The molecule has 7 heteroatoms. The molecule has 0 saturated heterocycles. The van der Waals surface area contributed by atoms with Gasteiger partial charge in [-0.15, -0.1) is 0 Å². The number of hydrogen-bond acceptors (Lipinski definition) is 4. The number of ether oxygens (including phenoxy) is 1. The molecule has 0 bridgehead atoms. The van der Waals surface area contributed by atoms with Crippen molar-refractivity contribution in [1.82, 2.24) is 15.1 Å². The van der Waals surface area contributed by atoms with Crippen molar-refractivity contribution in [2.45, 2.75) is 51.6 Å². The van der Waals surface area contributed by atoms with E-state index in [2.05, 4.69) is 15.7 Å². The lowest BCUT2D eigenvalue weighted by Crippen LogP contribution is -2.39. The fraction of sp³-hybridized carbons (Fsp3) is 0.450. The Bertz CT molecular complexity index is 767. The number of benzene rings is 1. The minimum Gasteiger partial charge on any atom is -0.462 e. The maximum absolute atomic E-state index is 12.4. The van der Waals surface area contributed by atoms with E-state index in [0.29, 0.717) is 6.54 Å². The topological polar surface area (TPSA) is 85.2 Å². The second-order valence-corrected chi connectivity index (χ2v) is 6.73. The van der Waals surface area contributed by atoms with Gasteiger partial charge in [0.1, 0.15) is 5.56 Å². The summed E-state index contributed by atoms with van der Waals surface area (Å²) in [6.07, 6.45) is 7.06. The number of rotatable bonds is 6. The number of urea groups is 1. The van der Waals surface area contributed by atoms with Crippen molar-refractivity contribution in [3.8, 4) is 0 Å². The van der Waals surface area contributed by atoms with E-state index in [-0.39, 0.29) is 30.1 Å². The molecule has 1 aromatic heterocycles. The molecule has 27 heavy (non-hydrogen) atoms. The van der Waals surface area contributed by atoms with Crippen LogP contribution in [-0.2, 0) is 11.3 Å². The Hall–Kier alpha value is -2.83. The van der Waals surface area contributed by atoms with Crippen molar-refractivity contribution < 1.29 is 14.3 Å². The average molecular weight is 370 g/mol. The SMILES string of the molecule is CCOC(=O)c1cn(Cc2ccccc2)nc1NC(=O)NC1CCCCC1. The Morgan fingerprint density at radius 2 is 1.93 bits per heavy atom. The van der Waals surface area contributed by atoms with E-state index in [1.54, 1.807) is 17.8 Å². The number of nitrogens with zero attached hydrogens (tertiary/aromatic N) is 2. The molecule has 0 unspecified atom stereocenters. The summed E-state index contributed by atoms with van der Waals surface area (Å²) in [6.45, 7) is 2.50. The van der Waals surface area contributed by atoms with Crippen LogP contribution in [0.3, 0.4) is 0 Å². The molecule has 1 saturated carbocycles. The zero-order valence-corrected chi connectivity index (χ0v) is 15.6. The number of esters is 1. The van der Waals surface area contributed by atoms with Gasteiger partial charge in [0.05, 0.1) is 13.2 Å². The second-order valence-electron chi connectivity index (χ2n) is 6.73. The Balaban J connectivity index is 1.72. The van der Waals surface area contributed by atoms with Gasteiger partial charge in [-0.3, -0.25) is 10.00 Å². The molecule has 3 rings (SSSR count). The quantitative estimate of drug-likeness (QED) is 0.762. The molecule has 2 N–H and O–H groups in total. The zero-order valence-electron chi connectivity index (χ0n) is 15.6. The van der Waals surface area contributed by atoms with Gasteiger partial charge in [-0.25, -0.2) is 9.59 Å². The molecule has 1 heterocycles. The fourth-order valence-electron chi connectivity index (χ4n) is 3.30. The van der Waals surface area contributed by atoms with Crippen molar-refractivity contribution in [1.29, 1.82) is 0 Å². The first kappa shape index (κ1) is 18.9. The summed E-state index contributed by atoms with van der Waals surface area (Å²) < 4.78 is 6.74. The normalized spacial score (nSPS) is 14.6. The van der Waals surface area contributed by atoms with Crippen LogP contribution >= 0.6 is 0 Å². The predicted molar refractivity (Wildman–Crippen MR) is 103 cm³/mol. The largest absolute Gasteiger partial charge is 0.462 e. The molecule has 0 atom stereocenters. The highest BCUT2D eigenvalue weighted by Gasteiger charge is 2.21. The van der Waals surface area contributed by atoms with Crippen LogP contribution in [0, 0.1) is 0 Å². The van der Waals surface area contributed by atoms with Crippen molar-refractivity contribution >= 4 is 17.8 Å². The third kappa shape index (κ3) is 5.32. The van der Waals surface area contributed by atoms with E-state index >= 15 is 0 Å². The summed E-state index contributed by atoms with van der Waals surface area (Å²) in [4.78, 5) is 24.6. The van der Waals surface area contributed by atoms with Crippen LogP contribution in [0.2, 0.25) is 0 Å². The van der Waals surface area contributed by atoms with E-state index in [9.17, 15) is 9.59 Å². The smallest absolute Gasteiger partial charge is 0.343 e. The molecule has 1 aromatic carbocycles. The van der Waals surface area contributed by atoms with E-state index < -0.39 is 5.97 Å². The van der Waals surface area contributed by atoms with E-state index in [4.69, 9.17) is 4.74 Å². The third-order valence-corrected chi connectivity index (χ3v) is 4.62. The molecule has 0 spiro atoms. The number of hydrogen-bond donors (Lipinski definition) is 2. The summed E-state index contributed by atoms with van der Waals surface area (Å²) >= 11 is 0. The van der Waals surface area contributed by atoms with Crippen LogP contribution in [-0.4, -0.2) is 34.4 Å². The third-order valence-electron chi connectivity index (χ3n) is 4.62. The summed E-state index contributed by atoms with van der Waals surface area (Å²) in [6, 6.07) is 9.64. The minimum absolute atomic E-state index is 0.177. The van der Waals surface area contributed by atoms with Crippen LogP contribution in [0.15, 0.2) is 36.5 Å². The fourth-order valence-corrected chi connectivity index (χ4v) is 3.30. The molecule has 144 valence electrons. The minimum atomic E-state index is -0.496. The van der Waals surface area contributed by atoms with E-state index in [1.165, 1.54) is 6.42 Å². The lowest BCUT2D eigenvalue weighted by atomic mass is 9.96. The molecule has 2 aromatic rings. The van der Waals surface area contributed by atoms with Gasteiger partial charge >= 0.3 is 12.0 Å². The molecular formula is C20H26N4O3. The van der Waals surface area contributed by atoms with Crippen molar-refractivity contribution in [3.63, 3.8) is 0 Å². The summed E-state index contributed by atoms with van der Waals surface area (Å²) in [5.41, 5.74) is 1.31. The van der Waals surface area contributed by atoms with Crippen LogP contribution in [0.4, 0.5) is 10.6 Å². The molecule has 1 fully saturated rings. The van der Waals surface area contributed by atoms with Crippen LogP contribution < -0.4 is 10.6 Å². The average Bonchev–Trinajstić information content (AvgIpc) is 3.05. The Morgan fingerprint density at radius 3 is 2.63 bits per heavy atom. The molecule has 0 radical (unpaired) electrons. The van der Waals surface area contributed by atoms with Crippen LogP contribution in [0.5, 0.6) is 0 Å². The number of carbonyl (C=O) groups excluding carboxylic acids is 2. The number of aromatic nitrogens is 2. The number of anilines is 1. The summed E-state index contributed by atoms with van der Waals surface area (Å²) in [5, 5.41) is 10.1. The van der Waals surface area contributed by atoms with Gasteiger partial charge in [-0.2, -0.15) is 5.10 Å². The van der Waals surface area contributed by atoms with Gasteiger partial charge in [0.25, 0.3) is 0 Å².